The number of aliphatic hydroxyl groups is 1. The number of carboxylic acids is 1. The summed E-state index contributed by atoms with van der Waals surface area (Å²) in [5.41, 5.74) is -2.21. The summed E-state index contributed by atoms with van der Waals surface area (Å²) < 4.78 is 5.38. The van der Waals surface area contributed by atoms with Crippen molar-refractivity contribution in [1.82, 2.24) is 0 Å². The second-order valence-corrected chi connectivity index (χ2v) is 6.05. The molecule has 0 aromatic heterocycles. The van der Waals surface area contributed by atoms with E-state index in [0.717, 1.165) is 0 Å². The summed E-state index contributed by atoms with van der Waals surface area (Å²) in [6.07, 6.45) is 0. The summed E-state index contributed by atoms with van der Waals surface area (Å²) in [6, 6.07) is 2.87. The van der Waals surface area contributed by atoms with Crippen LogP contribution in [0.25, 0.3) is 0 Å². The molecule has 0 fully saturated rings. The van der Waals surface area contributed by atoms with Crippen molar-refractivity contribution in [1.29, 1.82) is 0 Å². The minimum Gasteiger partial charge on any atom is -0.478 e. The highest BCUT2D eigenvalue weighted by atomic mass is 35.5. The van der Waals surface area contributed by atoms with Crippen LogP contribution in [0, 0.1) is 0 Å². The van der Waals surface area contributed by atoms with Crippen LogP contribution in [0.1, 0.15) is 33.3 Å². The maximum absolute atomic E-state index is 11.0. The fraction of sp³-hybridized carbons (Fsp3) is 0.462. The monoisotopic (exact) mass is 306 g/mol. The predicted molar refractivity (Wildman–Crippen MR) is 74.0 cm³/mol. The number of hydrogen-bond donors (Lipinski definition) is 2. The van der Waals surface area contributed by atoms with E-state index in [2.05, 4.69) is 0 Å². The van der Waals surface area contributed by atoms with Crippen LogP contribution in [0.2, 0.25) is 10.0 Å². The normalized spacial score (nSPS) is 12.4. The lowest BCUT2D eigenvalue weighted by atomic mass is 9.98. The third-order valence-electron chi connectivity index (χ3n) is 2.56. The van der Waals surface area contributed by atoms with Crippen molar-refractivity contribution >= 4 is 29.2 Å². The second-order valence-electron chi connectivity index (χ2n) is 5.24. The van der Waals surface area contributed by atoms with Crippen LogP contribution >= 0.6 is 23.2 Å². The number of aliphatic carboxylic acids is 1. The van der Waals surface area contributed by atoms with Gasteiger partial charge in [-0.25, -0.2) is 4.79 Å². The maximum atomic E-state index is 11.0. The Kier molecular flexibility index (Phi) is 4.40. The van der Waals surface area contributed by atoms with Crippen LogP contribution in [0.15, 0.2) is 12.1 Å². The maximum Gasteiger partial charge on any atom is 0.347 e. The van der Waals surface area contributed by atoms with Crippen molar-refractivity contribution < 1.29 is 19.7 Å². The lowest BCUT2D eigenvalue weighted by Gasteiger charge is -2.25. The SMILES string of the molecule is CC(C)(Oc1cc(C(C)(C)O)c(Cl)cc1Cl)C(=O)O. The molecule has 0 radical (unpaired) electrons. The van der Waals surface area contributed by atoms with Crippen molar-refractivity contribution in [2.45, 2.75) is 38.9 Å². The Balaban J connectivity index is 3.27. The van der Waals surface area contributed by atoms with Crippen molar-refractivity contribution in [3.63, 3.8) is 0 Å². The first-order chi connectivity index (χ1) is 8.45. The number of carboxylic acid groups (broad SMARTS) is 1. The fourth-order valence-electron chi connectivity index (χ4n) is 1.39. The summed E-state index contributed by atoms with van der Waals surface area (Å²) in [4.78, 5) is 11.0. The first-order valence-corrected chi connectivity index (χ1v) is 6.35. The molecule has 1 aromatic rings. The van der Waals surface area contributed by atoms with Gasteiger partial charge in [0.15, 0.2) is 5.60 Å². The molecule has 6 heteroatoms. The molecule has 106 valence electrons. The minimum absolute atomic E-state index is 0.163. The standard InChI is InChI=1S/C13H16Cl2O4/c1-12(2,18)7-5-10(9(15)6-8(7)14)19-13(3,4)11(16)17/h5-6,18H,1-4H3,(H,16,17). The van der Waals surface area contributed by atoms with Crippen LogP contribution in [-0.2, 0) is 10.4 Å². The first-order valence-electron chi connectivity index (χ1n) is 5.59. The molecule has 0 saturated heterocycles. The minimum atomic E-state index is -1.44. The highest BCUT2D eigenvalue weighted by Crippen LogP contribution is 2.37. The molecule has 0 spiro atoms. The summed E-state index contributed by atoms with van der Waals surface area (Å²) in [5.74, 6) is -0.959. The molecule has 0 bridgehead atoms. The molecule has 2 N–H and O–H groups in total. The van der Waals surface area contributed by atoms with Gasteiger partial charge in [-0.2, -0.15) is 0 Å². The van der Waals surface area contributed by atoms with Crippen LogP contribution in [0.3, 0.4) is 0 Å². The number of carbonyl (C=O) groups is 1. The zero-order valence-electron chi connectivity index (χ0n) is 11.1. The molecule has 4 nitrogen and oxygen atoms in total. The summed E-state index contributed by atoms with van der Waals surface area (Å²) in [6.45, 7) is 5.94. The van der Waals surface area contributed by atoms with E-state index in [1.807, 2.05) is 0 Å². The predicted octanol–water partition coefficient (Wildman–Crippen LogP) is 3.46. The van der Waals surface area contributed by atoms with Gasteiger partial charge in [-0.1, -0.05) is 23.2 Å². The zero-order chi connectivity index (χ0) is 15.0. The fourth-order valence-corrected chi connectivity index (χ4v) is 2.05. The van der Waals surface area contributed by atoms with E-state index < -0.39 is 17.2 Å². The Labute approximate surface area is 121 Å². The molecular formula is C13H16Cl2O4. The van der Waals surface area contributed by atoms with E-state index in [4.69, 9.17) is 33.0 Å². The van der Waals surface area contributed by atoms with Crippen LogP contribution < -0.4 is 4.74 Å². The Morgan fingerprint density at radius 3 is 2.11 bits per heavy atom. The molecule has 0 amide bonds. The number of hydrogen-bond acceptors (Lipinski definition) is 3. The quantitative estimate of drug-likeness (QED) is 0.894. The Hall–Kier alpha value is -0.970. The lowest BCUT2D eigenvalue weighted by molar-refractivity contribution is -0.152. The zero-order valence-corrected chi connectivity index (χ0v) is 12.6. The van der Waals surface area contributed by atoms with E-state index in [-0.39, 0.29) is 15.8 Å². The molecule has 0 aliphatic heterocycles. The van der Waals surface area contributed by atoms with Gasteiger partial charge in [-0.05, 0) is 39.8 Å². The van der Waals surface area contributed by atoms with Gasteiger partial charge in [0, 0.05) is 10.6 Å². The summed E-state index contributed by atoms with van der Waals surface area (Å²) in [5, 5.41) is 19.5. The second kappa shape index (κ2) is 5.19. The Bertz CT molecular complexity index is 504. The van der Waals surface area contributed by atoms with Gasteiger partial charge < -0.3 is 14.9 Å². The molecule has 1 aromatic carbocycles. The van der Waals surface area contributed by atoms with E-state index in [0.29, 0.717) is 5.56 Å². The van der Waals surface area contributed by atoms with Crippen molar-refractivity contribution in [2.24, 2.45) is 0 Å². The van der Waals surface area contributed by atoms with Gasteiger partial charge in [0.25, 0.3) is 0 Å². The molecule has 19 heavy (non-hydrogen) atoms. The highest BCUT2D eigenvalue weighted by Gasteiger charge is 2.31. The van der Waals surface area contributed by atoms with Gasteiger partial charge in [-0.15, -0.1) is 0 Å². The molecule has 0 aliphatic rings. The summed E-state index contributed by atoms with van der Waals surface area (Å²) in [7, 11) is 0. The Morgan fingerprint density at radius 1 is 1.16 bits per heavy atom. The lowest BCUT2D eigenvalue weighted by Crippen LogP contribution is -2.38. The van der Waals surface area contributed by atoms with Crippen molar-refractivity contribution in [2.75, 3.05) is 0 Å². The third-order valence-corrected chi connectivity index (χ3v) is 3.17. The van der Waals surface area contributed by atoms with Crippen molar-refractivity contribution in [3.05, 3.63) is 27.7 Å². The molecule has 0 heterocycles. The Morgan fingerprint density at radius 2 is 1.68 bits per heavy atom. The number of rotatable bonds is 4. The van der Waals surface area contributed by atoms with Crippen LogP contribution in [0.5, 0.6) is 5.75 Å². The van der Waals surface area contributed by atoms with Gasteiger partial charge >= 0.3 is 5.97 Å². The number of benzene rings is 1. The van der Waals surface area contributed by atoms with Crippen molar-refractivity contribution in [3.8, 4) is 5.75 Å². The van der Waals surface area contributed by atoms with Gasteiger partial charge in [-0.3, -0.25) is 0 Å². The largest absolute Gasteiger partial charge is 0.478 e. The molecular weight excluding hydrogens is 291 g/mol. The average Bonchev–Trinajstić information content (AvgIpc) is 2.19. The van der Waals surface area contributed by atoms with E-state index in [1.54, 1.807) is 13.8 Å². The molecule has 0 saturated carbocycles. The van der Waals surface area contributed by atoms with Gasteiger partial charge in [0.1, 0.15) is 5.75 Å². The topological polar surface area (TPSA) is 66.8 Å². The number of ether oxygens (including phenoxy) is 1. The smallest absolute Gasteiger partial charge is 0.347 e. The summed E-state index contributed by atoms with van der Waals surface area (Å²) >= 11 is 12.0. The van der Waals surface area contributed by atoms with Crippen LogP contribution in [0.4, 0.5) is 0 Å². The molecule has 0 unspecified atom stereocenters. The highest BCUT2D eigenvalue weighted by molar-refractivity contribution is 6.36. The van der Waals surface area contributed by atoms with E-state index in [1.165, 1.54) is 26.0 Å². The number of halogens is 2. The third kappa shape index (κ3) is 3.75. The molecule has 0 aliphatic carbocycles. The van der Waals surface area contributed by atoms with E-state index in [9.17, 15) is 9.90 Å². The first kappa shape index (κ1) is 16.1. The molecule has 1 rings (SSSR count). The van der Waals surface area contributed by atoms with Gasteiger partial charge in [0.2, 0.25) is 0 Å². The average molecular weight is 307 g/mol. The van der Waals surface area contributed by atoms with Crippen LogP contribution in [-0.4, -0.2) is 21.8 Å². The molecule has 0 atom stereocenters. The van der Waals surface area contributed by atoms with E-state index >= 15 is 0 Å². The van der Waals surface area contributed by atoms with Gasteiger partial charge in [0.05, 0.1) is 10.6 Å².